The van der Waals surface area contributed by atoms with Crippen LogP contribution in [0, 0.1) is 0 Å². The van der Waals surface area contributed by atoms with Crippen molar-refractivity contribution in [3.8, 4) is 0 Å². The summed E-state index contributed by atoms with van der Waals surface area (Å²) in [5.74, 6) is 0.136. The molecule has 1 aromatic heterocycles. The number of aliphatic hydroxyl groups is 1. The Labute approximate surface area is 95.5 Å². The number of benzene rings is 1. The molecular weight excluding hydrogens is 234 g/mol. The number of aliphatic hydroxyl groups excluding tert-OH is 1. The van der Waals surface area contributed by atoms with Crippen LogP contribution < -0.4 is 4.87 Å². The lowest BCUT2D eigenvalue weighted by Crippen LogP contribution is -2.23. The van der Waals surface area contributed by atoms with E-state index in [2.05, 4.69) is 0 Å². The highest BCUT2D eigenvalue weighted by atomic mass is 35.5. The van der Waals surface area contributed by atoms with E-state index < -0.39 is 6.10 Å². The molecule has 1 atom stereocenters. The molecule has 0 aliphatic carbocycles. The second kappa shape index (κ2) is 4.35. The number of thiazole rings is 1. The number of hydrogen-bond acceptors (Lipinski definition) is 3. The van der Waals surface area contributed by atoms with Gasteiger partial charge in [-0.05, 0) is 12.1 Å². The lowest BCUT2D eigenvalue weighted by atomic mass is 10.3. The molecule has 0 saturated heterocycles. The first-order chi connectivity index (χ1) is 7.22. The molecule has 5 heteroatoms. The first-order valence-corrected chi connectivity index (χ1v) is 5.90. The Kier molecular flexibility index (Phi) is 3.09. The summed E-state index contributed by atoms with van der Waals surface area (Å²) in [6.45, 7) is 0.256. The number of fused-ring (bicyclic) bond motifs is 1. The number of alkyl halides is 1. The second-order valence-electron chi connectivity index (χ2n) is 3.25. The summed E-state index contributed by atoms with van der Waals surface area (Å²) >= 11 is 6.69. The molecule has 15 heavy (non-hydrogen) atoms. The van der Waals surface area contributed by atoms with E-state index in [-0.39, 0.29) is 17.3 Å². The lowest BCUT2D eigenvalue weighted by molar-refractivity contribution is 0.177. The van der Waals surface area contributed by atoms with Crippen molar-refractivity contribution in [3.63, 3.8) is 0 Å². The van der Waals surface area contributed by atoms with Crippen molar-refractivity contribution in [2.45, 2.75) is 12.6 Å². The zero-order chi connectivity index (χ0) is 10.8. The largest absolute Gasteiger partial charge is 0.390 e. The van der Waals surface area contributed by atoms with Gasteiger partial charge in [0.2, 0.25) is 0 Å². The third-order valence-electron chi connectivity index (χ3n) is 2.15. The zero-order valence-corrected chi connectivity index (χ0v) is 9.46. The average molecular weight is 244 g/mol. The summed E-state index contributed by atoms with van der Waals surface area (Å²) in [5.41, 5.74) is 0.858. The Hall–Kier alpha value is -0.840. The molecule has 1 N–H and O–H groups in total. The Morgan fingerprint density at radius 2 is 2.20 bits per heavy atom. The Morgan fingerprint density at radius 3 is 2.93 bits per heavy atom. The molecule has 0 amide bonds. The van der Waals surface area contributed by atoms with Crippen LogP contribution in [-0.4, -0.2) is 21.7 Å². The quantitative estimate of drug-likeness (QED) is 0.834. The van der Waals surface area contributed by atoms with E-state index in [9.17, 15) is 9.90 Å². The van der Waals surface area contributed by atoms with Gasteiger partial charge in [-0.1, -0.05) is 23.5 Å². The minimum atomic E-state index is -0.678. The maximum absolute atomic E-state index is 11.6. The molecule has 0 radical (unpaired) electrons. The van der Waals surface area contributed by atoms with Gasteiger partial charge < -0.3 is 5.11 Å². The summed E-state index contributed by atoms with van der Waals surface area (Å²) in [7, 11) is 0. The van der Waals surface area contributed by atoms with Gasteiger partial charge in [-0.3, -0.25) is 9.36 Å². The van der Waals surface area contributed by atoms with Crippen LogP contribution >= 0.6 is 22.9 Å². The van der Waals surface area contributed by atoms with Gasteiger partial charge in [0.25, 0.3) is 0 Å². The van der Waals surface area contributed by atoms with Crippen molar-refractivity contribution < 1.29 is 5.11 Å². The number of nitrogens with zero attached hydrogens (tertiary/aromatic N) is 1. The Bertz CT molecular complexity index is 519. The normalized spacial score (nSPS) is 13.2. The molecule has 3 nitrogen and oxygen atoms in total. The molecule has 1 aromatic carbocycles. The van der Waals surface area contributed by atoms with Crippen LogP contribution in [0.1, 0.15) is 0 Å². The number of para-hydroxylation sites is 1. The minimum Gasteiger partial charge on any atom is -0.390 e. The maximum Gasteiger partial charge on any atom is 0.308 e. The molecule has 1 heterocycles. The Balaban J connectivity index is 2.50. The van der Waals surface area contributed by atoms with E-state index in [4.69, 9.17) is 11.6 Å². The molecular formula is C10H10ClNO2S. The summed E-state index contributed by atoms with van der Waals surface area (Å²) in [6.07, 6.45) is -0.678. The first kappa shape index (κ1) is 10.7. The minimum absolute atomic E-state index is 0.0552. The highest BCUT2D eigenvalue weighted by Gasteiger charge is 2.10. The fourth-order valence-corrected chi connectivity index (χ4v) is 2.44. The highest BCUT2D eigenvalue weighted by Crippen LogP contribution is 2.16. The van der Waals surface area contributed by atoms with Gasteiger partial charge in [-0.2, -0.15) is 0 Å². The van der Waals surface area contributed by atoms with Crippen molar-refractivity contribution in [1.29, 1.82) is 0 Å². The molecule has 1 unspecified atom stereocenters. The molecule has 0 saturated carbocycles. The lowest BCUT2D eigenvalue weighted by Gasteiger charge is -2.07. The standard InChI is InChI=1S/C10H10ClNO2S/c11-5-7(13)6-12-8-3-1-2-4-9(8)15-10(12)14/h1-4,7,13H,5-6H2. The van der Waals surface area contributed by atoms with Gasteiger partial charge in [-0.15, -0.1) is 11.6 Å². The number of rotatable bonds is 3. The van der Waals surface area contributed by atoms with E-state index >= 15 is 0 Å². The van der Waals surface area contributed by atoms with E-state index in [1.807, 2.05) is 24.3 Å². The Morgan fingerprint density at radius 1 is 1.47 bits per heavy atom. The van der Waals surface area contributed by atoms with Crippen molar-refractivity contribution in [1.82, 2.24) is 4.57 Å². The van der Waals surface area contributed by atoms with Gasteiger partial charge in [0, 0.05) is 0 Å². The number of aromatic nitrogens is 1. The van der Waals surface area contributed by atoms with Crippen LogP contribution in [0.4, 0.5) is 0 Å². The highest BCUT2D eigenvalue weighted by molar-refractivity contribution is 7.16. The molecule has 0 aliphatic rings. The molecule has 2 rings (SSSR count). The van der Waals surface area contributed by atoms with Crippen LogP contribution in [0.2, 0.25) is 0 Å². The molecule has 80 valence electrons. The van der Waals surface area contributed by atoms with Crippen molar-refractivity contribution in [2.75, 3.05) is 5.88 Å². The second-order valence-corrected chi connectivity index (χ2v) is 4.56. The molecule has 2 aromatic rings. The van der Waals surface area contributed by atoms with Gasteiger partial charge in [-0.25, -0.2) is 0 Å². The third kappa shape index (κ3) is 2.07. The number of halogens is 1. The van der Waals surface area contributed by atoms with Crippen LogP contribution in [0.25, 0.3) is 10.2 Å². The molecule has 0 bridgehead atoms. The average Bonchev–Trinajstić information content (AvgIpc) is 2.55. The van der Waals surface area contributed by atoms with Gasteiger partial charge in [0.05, 0.1) is 28.7 Å². The summed E-state index contributed by atoms with van der Waals surface area (Å²) in [6, 6.07) is 7.53. The van der Waals surface area contributed by atoms with Crippen LogP contribution in [0.5, 0.6) is 0 Å². The monoisotopic (exact) mass is 243 g/mol. The fraction of sp³-hybridized carbons (Fsp3) is 0.300. The topological polar surface area (TPSA) is 42.2 Å². The fourth-order valence-electron chi connectivity index (χ4n) is 1.45. The van der Waals surface area contributed by atoms with Crippen molar-refractivity contribution in [3.05, 3.63) is 33.9 Å². The molecule has 0 spiro atoms. The van der Waals surface area contributed by atoms with Gasteiger partial charge >= 0.3 is 4.87 Å². The number of hydrogen-bond donors (Lipinski definition) is 1. The van der Waals surface area contributed by atoms with Gasteiger partial charge in [0.15, 0.2) is 0 Å². The van der Waals surface area contributed by atoms with Crippen LogP contribution in [-0.2, 0) is 6.54 Å². The van der Waals surface area contributed by atoms with Gasteiger partial charge in [0.1, 0.15) is 0 Å². The smallest absolute Gasteiger partial charge is 0.308 e. The SMILES string of the molecule is O=c1sc2ccccc2n1CC(O)CCl. The third-order valence-corrected chi connectivity index (χ3v) is 3.46. The summed E-state index contributed by atoms with van der Waals surface area (Å²) < 4.78 is 2.50. The molecule has 0 aliphatic heterocycles. The van der Waals surface area contributed by atoms with Crippen LogP contribution in [0.15, 0.2) is 29.1 Å². The summed E-state index contributed by atoms with van der Waals surface area (Å²) in [5, 5.41) is 9.43. The zero-order valence-electron chi connectivity index (χ0n) is 7.89. The van der Waals surface area contributed by atoms with Crippen LogP contribution in [0.3, 0.4) is 0 Å². The first-order valence-electron chi connectivity index (χ1n) is 4.55. The van der Waals surface area contributed by atoms with E-state index in [1.54, 1.807) is 4.57 Å². The maximum atomic E-state index is 11.6. The van der Waals surface area contributed by atoms with Crippen molar-refractivity contribution >= 4 is 33.2 Å². The predicted octanol–water partition coefficient (Wildman–Crippen LogP) is 1.66. The van der Waals surface area contributed by atoms with E-state index in [1.165, 1.54) is 11.3 Å². The van der Waals surface area contributed by atoms with E-state index in [0.29, 0.717) is 0 Å². The van der Waals surface area contributed by atoms with Crippen molar-refractivity contribution in [2.24, 2.45) is 0 Å². The predicted molar refractivity (Wildman–Crippen MR) is 62.8 cm³/mol. The molecule has 0 fully saturated rings. The summed E-state index contributed by atoms with van der Waals surface area (Å²) in [4.78, 5) is 11.6. The van der Waals surface area contributed by atoms with E-state index in [0.717, 1.165) is 10.2 Å².